The van der Waals surface area contributed by atoms with Crippen molar-refractivity contribution in [3.05, 3.63) is 0 Å². The Morgan fingerprint density at radius 1 is 1.37 bits per heavy atom. The molecule has 1 atom stereocenters. The molecular formula is C13H24N2O4. The zero-order chi connectivity index (χ0) is 14.1. The molecule has 0 spiro atoms. The first kappa shape index (κ1) is 15.9. The van der Waals surface area contributed by atoms with Gasteiger partial charge in [0.15, 0.2) is 0 Å². The van der Waals surface area contributed by atoms with E-state index in [1.165, 1.54) is 4.90 Å². The van der Waals surface area contributed by atoms with E-state index in [4.69, 9.17) is 9.47 Å². The maximum absolute atomic E-state index is 12.3. The lowest BCUT2D eigenvalue weighted by Gasteiger charge is -2.29. The van der Waals surface area contributed by atoms with E-state index in [9.17, 15) is 9.59 Å². The number of esters is 1. The number of rotatable bonds is 7. The van der Waals surface area contributed by atoms with Gasteiger partial charge in [0.05, 0.1) is 19.3 Å². The van der Waals surface area contributed by atoms with E-state index in [0.29, 0.717) is 19.8 Å². The van der Waals surface area contributed by atoms with Crippen LogP contribution in [0.4, 0.5) is 0 Å². The first-order valence-electron chi connectivity index (χ1n) is 6.85. The third-order valence-corrected chi connectivity index (χ3v) is 3.11. The van der Waals surface area contributed by atoms with E-state index in [1.807, 2.05) is 0 Å². The lowest BCUT2D eigenvalue weighted by atomic mass is 10.0. The smallest absolute Gasteiger partial charge is 0.325 e. The second kappa shape index (κ2) is 8.87. The van der Waals surface area contributed by atoms with Crippen LogP contribution >= 0.6 is 0 Å². The van der Waals surface area contributed by atoms with Gasteiger partial charge in [-0.2, -0.15) is 0 Å². The zero-order valence-corrected chi connectivity index (χ0v) is 11.8. The van der Waals surface area contributed by atoms with Crippen LogP contribution in [0.1, 0.15) is 26.2 Å². The first-order chi connectivity index (χ1) is 9.19. The van der Waals surface area contributed by atoms with Crippen molar-refractivity contribution in [2.75, 3.05) is 40.0 Å². The molecule has 6 heteroatoms. The fraction of sp³-hybridized carbons (Fsp3) is 0.846. The largest absolute Gasteiger partial charge is 0.465 e. The van der Waals surface area contributed by atoms with Crippen molar-refractivity contribution in [1.82, 2.24) is 10.2 Å². The molecule has 0 bridgehead atoms. The van der Waals surface area contributed by atoms with Crippen LogP contribution < -0.4 is 5.32 Å². The molecule has 0 aromatic heterocycles. The Hall–Kier alpha value is -1.14. The monoisotopic (exact) mass is 272 g/mol. The highest BCUT2D eigenvalue weighted by molar-refractivity contribution is 5.85. The number of amides is 1. The number of ether oxygens (including phenoxy) is 2. The summed E-state index contributed by atoms with van der Waals surface area (Å²) in [6.45, 7) is 3.75. The second-order valence-corrected chi connectivity index (χ2v) is 4.56. The summed E-state index contributed by atoms with van der Waals surface area (Å²) in [5.74, 6) is -0.410. The molecule has 0 aromatic rings. The molecule has 1 N–H and O–H groups in total. The minimum atomic E-state index is -0.372. The van der Waals surface area contributed by atoms with Crippen molar-refractivity contribution in [2.45, 2.75) is 32.2 Å². The fourth-order valence-corrected chi connectivity index (χ4v) is 2.11. The number of carbonyl (C=O) groups is 2. The van der Waals surface area contributed by atoms with Crippen LogP contribution in [0.3, 0.4) is 0 Å². The van der Waals surface area contributed by atoms with Crippen LogP contribution in [0, 0.1) is 0 Å². The summed E-state index contributed by atoms with van der Waals surface area (Å²) in [7, 11) is 1.58. The van der Waals surface area contributed by atoms with E-state index in [-0.39, 0.29) is 24.5 Å². The summed E-state index contributed by atoms with van der Waals surface area (Å²) in [5, 5.41) is 3.20. The van der Waals surface area contributed by atoms with Gasteiger partial charge in [-0.15, -0.1) is 0 Å². The summed E-state index contributed by atoms with van der Waals surface area (Å²) in [5.41, 5.74) is 0. The Kier molecular flexibility index (Phi) is 7.43. The van der Waals surface area contributed by atoms with Crippen molar-refractivity contribution in [3.63, 3.8) is 0 Å². The van der Waals surface area contributed by atoms with E-state index in [0.717, 1.165) is 25.8 Å². The van der Waals surface area contributed by atoms with E-state index >= 15 is 0 Å². The standard InChI is InChI=1S/C13H24N2O4/c1-3-19-12(16)10-15(8-9-18-2)13(17)11-6-4-5-7-14-11/h11,14H,3-10H2,1-2H3/t11-/m0/s1. The van der Waals surface area contributed by atoms with Crippen molar-refractivity contribution in [3.8, 4) is 0 Å². The minimum absolute atomic E-state index is 0.00574. The maximum Gasteiger partial charge on any atom is 0.325 e. The second-order valence-electron chi connectivity index (χ2n) is 4.56. The molecule has 1 heterocycles. The number of nitrogens with one attached hydrogen (secondary N) is 1. The molecule has 110 valence electrons. The van der Waals surface area contributed by atoms with Gasteiger partial charge >= 0.3 is 5.97 Å². The molecule has 6 nitrogen and oxygen atoms in total. The molecule has 1 fully saturated rings. The van der Waals surface area contributed by atoms with Gasteiger partial charge in [0, 0.05) is 13.7 Å². The van der Waals surface area contributed by atoms with Crippen molar-refractivity contribution in [2.24, 2.45) is 0 Å². The van der Waals surface area contributed by atoms with Gasteiger partial charge in [-0.25, -0.2) is 0 Å². The zero-order valence-electron chi connectivity index (χ0n) is 11.8. The molecule has 1 rings (SSSR count). The van der Waals surface area contributed by atoms with E-state index < -0.39 is 0 Å². The van der Waals surface area contributed by atoms with Crippen LogP contribution in [0.25, 0.3) is 0 Å². The molecule has 1 aliphatic rings. The Morgan fingerprint density at radius 3 is 2.74 bits per heavy atom. The molecule has 0 aromatic carbocycles. The number of nitrogens with zero attached hydrogens (tertiary/aromatic N) is 1. The lowest BCUT2D eigenvalue weighted by Crippen LogP contribution is -2.50. The minimum Gasteiger partial charge on any atom is -0.465 e. The van der Waals surface area contributed by atoms with E-state index in [2.05, 4.69) is 5.32 Å². The Labute approximate surface area is 114 Å². The van der Waals surface area contributed by atoms with Gasteiger partial charge in [-0.1, -0.05) is 6.42 Å². The Balaban J connectivity index is 2.55. The first-order valence-corrected chi connectivity index (χ1v) is 6.85. The van der Waals surface area contributed by atoms with Crippen LogP contribution in [-0.4, -0.2) is 62.8 Å². The molecule has 1 saturated heterocycles. The summed E-state index contributed by atoms with van der Waals surface area (Å²) in [6, 6.07) is -0.181. The normalized spacial score (nSPS) is 18.9. The summed E-state index contributed by atoms with van der Waals surface area (Å²) < 4.78 is 9.88. The average molecular weight is 272 g/mol. The summed E-state index contributed by atoms with van der Waals surface area (Å²) in [4.78, 5) is 25.4. The van der Waals surface area contributed by atoms with Crippen molar-refractivity contribution in [1.29, 1.82) is 0 Å². The SMILES string of the molecule is CCOC(=O)CN(CCOC)C(=O)[C@@H]1CCCCN1. The number of piperidine rings is 1. The quantitative estimate of drug-likeness (QED) is 0.669. The van der Waals surface area contributed by atoms with Crippen LogP contribution in [0.5, 0.6) is 0 Å². The number of methoxy groups -OCH3 is 1. The molecule has 0 radical (unpaired) electrons. The van der Waals surface area contributed by atoms with Gasteiger partial charge in [-0.3, -0.25) is 9.59 Å². The number of carbonyl (C=O) groups excluding carboxylic acids is 2. The highest BCUT2D eigenvalue weighted by atomic mass is 16.5. The van der Waals surface area contributed by atoms with Crippen LogP contribution in [0.2, 0.25) is 0 Å². The molecular weight excluding hydrogens is 248 g/mol. The molecule has 0 unspecified atom stereocenters. The maximum atomic E-state index is 12.3. The fourth-order valence-electron chi connectivity index (χ4n) is 2.11. The molecule has 1 amide bonds. The summed E-state index contributed by atoms with van der Waals surface area (Å²) in [6.07, 6.45) is 2.96. The van der Waals surface area contributed by atoms with Gasteiger partial charge < -0.3 is 19.7 Å². The van der Waals surface area contributed by atoms with E-state index in [1.54, 1.807) is 14.0 Å². The molecule has 0 aliphatic carbocycles. The van der Waals surface area contributed by atoms with Gasteiger partial charge in [0.2, 0.25) is 5.91 Å². The van der Waals surface area contributed by atoms with Gasteiger partial charge in [-0.05, 0) is 26.3 Å². The van der Waals surface area contributed by atoms with Crippen molar-refractivity contribution < 1.29 is 19.1 Å². The van der Waals surface area contributed by atoms with Gasteiger partial charge in [0.1, 0.15) is 6.54 Å². The summed E-state index contributed by atoms with van der Waals surface area (Å²) >= 11 is 0. The molecule has 1 aliphatic heterocycles. The van der Waals surface area contributed by atoms with Crippen LogP contribution in [-0.2, 0) is 19.1 Å². The average Bonchev–Trinajstić information content (AvgIpc) is 2.44. The third-order valence-electron chi connectivity index (χ3n) is 3.11. The Morgan fingerprint density at radius 2 is 2.16 bits per heavy atom. The van der Waals surface area contributed by atoms with Gasteiger partial charge in [0.25, 0.3) is 0 Å². The highest BCUT2D eigenvalue weighted by Crippen LogP contribution is 2.10. The lowest BCUT2D eigenvalue weighted by molar-refractivity contribution is -0.150. The molecule has 0 saturated carbocycles. The number of hydrogen-bond donors (Lipinski definition) is 1. The molecule has 19 heavy (non-hydrogen) atoms. The van der Waals surface area contributed by atoms with Crippen LogP contribution in [0.15, 0.2) is 0 Å². The van der Waals surface area contributed by atoms with Crippen molar-refractivity contribution >= 4 is 11.9 Å². The predicted octanol–water partition coefficient (Wildman–Crippen LogP) is 0.167. The topological polar surface area (TPSA) is 67.9 Å². The number of hydrogen-bond acceptors (Lipinski definition) is 5. The highest BCUT2D eigenvalue weighted by Gasteiger charge is 2.27. The predicted molar refractivity (Wildman–Crippen MR) is 70.7 cm³/mol. The third kappa shape index (κ3) is 5.57. The Bertz CT molecular complexity index is 290.